The van der Waals surface area contributed by atoms with Gasteiger partial charge in [-0.2, -0.15) is 0 Å². The molecule has 2 aromatic carbocycles. The highest BCUT2D eigenvalue weighted by atomic mass is 32.2. The summed E-state index contributed by atoms with van der Waals surface area (Å²) in [6.45, 7) is 2.46. The fourth-order valence-corrected chi connectivity index (χ4v) is 3.06. The molecule has 1 N–H and O–H groups in total. The maximum atomic E-state index is 11.7. The Balaban J connectivity index is 1.52. The van der Waals surface area contributed by atoms with Crippen molar-refractivity contribution in [3.8, 4) is 11.5 Å². The van der Waals surface area contributed by atoms with Gasteiger partial charge in [0.15, 0.2) is 13.2 Å². The Morgan fingerprint density at radius 1 is 0.929 bits per heavy atom. The number of rotatable bonds is 12. The zero-order valence-corrected chi connectivity index (χ0v) is 16.7. The number of carbonyl (C=O) groups excluding carboxylic acids is 2. The van der Waals surface area contributed by atoms with E-state index < -0.39 is 5.97 Å². The first-order valence-electron chi connectivity index (χ1n) is 9.13. The van der Waals surface area contributed by atoms with Gasteiger partial charge in [-0.15, -0.1) is 11.8 Å². The Labute approximate surface area is 169 Å². The number of ether oxygens (including phenoxy) is 3. The third-order valence-electron chi connectivity index (χ3n) is 3.51. The highest BCUT2D eigenvalue weighted by molar-refractivity contribution is 7.99. The summed E-state index contributed by atoms with van der Waals surface area (Å²) in [6.07, 6.45) is 0.833. The predicted molar refractivity (Wildman–Crippen MR) is 109 cm³/mol. The van der Waals surface area contributed by atoms with E-state index in [2.05, 4.69) is 17.4 Å². The molecule has 28 heavy (non-hydrogen) atoms. The van der Waals surface area contributed by atoms with Crippen LogP contribution in [0, 0.1) is 0 Å². The highest BCUT2D eigenvalue weighted by Crippen LogP contribution is 2.18. The minimum atomic E-state index is -0.594. The third kappa shape index (κ3) is 8.81. The van der Waals surface area contributed by atoms with Crippen LogP contribution in [0.2, 0.25) is 0 Å². The van der Waals surface area contributed by atoms with Crippen LogP contribution in [0.4, 0.5) is 0 Å². The van der Waals surface area contributed by atoms with E-state index in [-0.39, 0.29) is 19.1 Å². The van der Waals surface area contributed by atoms with Crippen molar-refractivity contribution in [2.24, 2.45) is 0 Å². The van der Waals surface area contributed by atoms with Gasteiger partial charge in [-0.05, 0) is 55.5 Å². The van der Waals surface area contributed by atoms with Gasteiger partial charge in [0.1, 0.15) is 11.5 Å². The lowest BCUT2D eigenvalue weighted by Crippen LogP contribution is -2.30. The van der Waals surface area contributed by atoms with E-state index in [0.717, 1.165) is 17.9 Å². The van der Waals surface area contributed by atoms with Crippen LogP contribution in [0.25, 0.3) is 0 Å². The Morgan fingerprint density at radius 2 is 1.61 bits per heavy atom. The van der Waals surface area contributed by atoms with Crippen molar-refractivity contribution in [3.05, 3.63) is 54.6 Å². The zero-order valence-electron chi connectivity index (χ0n) is 15.9. The molecule has 0 aliphatic rings. The van der Waals surface area contributed by atoms with E-state index >= 15 is 0 Å². The number of carbonyl (C=O) groups is 2. The molecule has 2 aromatic rings. The molecule has 0 heterocycles. The minimum absolute atomic E-state index is 0.255. The first kappa shape index (κ1) is 21.6. The number of hydrogen-bond acceptors (Lipinski definition) is 6. The molecule has 0 saturated carbocycles. The number of thioether (sulfide) groups is 1. The molecule has 150 valence electrons. The molecule has 0 aliphatic carbocycles. The third-order valence-corrected chi connectivity index (χ3v) is 4.61. The van der Waals surface area contributed by atoms with Crippen LogP contribution in [-0.4, -0.2) is 44.0 Å². The normalized spacial score (nSPS) is 10.2. The summed E-state index contributed by atoms with van der Waals surface area (Å²) in [7, 11) is 0. The van der Waals surface area contributed by atoms with Gasteiger partial charge in [-0.1, -0.05) is 18.2 Å². The SMILES string of the molecule is CCOc1ccc(OCC(=O)OCC(=O)NCCCSc2ccccc2)cc1. The van der Waals surface area contributed by atoms with Gasteiger partial charge in [0.05, 0.1) is 6.61 Å². The molecule has 0 unspecified atom stereocenters. The molecule has 2 rings (SSSR count). The molecule has 0 atom stereocenters. The highest BCUT2D eigenvalue weighted by Gasteiger charge is 2.08. The fraction of sp³-hybridized carbons (Fsp3) is 0.333. The molecule has 0 bridgehead atoms. The van der Waals surface area contributed by atoms with Crippen molar-refractivity contribution in [2.45, 2.75) is 18.2 Å². The first-order valence-corrected chi connectivity index (χ1v) is 10.1. The Hall–Kier alpha value is -2.67. The Kier molecular flexibility index (Phi) is 9.79. The number of benzene rings is 2. The van der Waals surface area contributed by atoms with Gasteiger partial charge in [0.25, 0.3) is 5.91 Å². The van der Waals surface area contributed by atoms with Crippen LogP contribution in [-0.2, 0) is 14.3 Å². The van der Waals surface area contributed by atoms with Gasteiger partial charge in [0.2, 0.25) is 0 Å². The van der Waals surface area contributed by atoms with E-state index in [4.69, 9.17) is 14.2 Å². The van der Waals surface area contributed by atoms with E-state index in [1.807, 2.05) is 25.1 Å². The van der Waals surface area contributed by atoms with Crippen molar-refractivity contribution < 1.29 is 23.8 Å². The average molecular weight is 404 g/mol. The standard InChI is InChI=1S/C21H25NO5S/c1-2-25-17-9-11-18(12-10-17)26-16-21(24)27-15-20(23)22-13-6-14-28-19-7-4-3-5-8-19/h3-5,7-12H,2,6,13-16H2,1H3,(H,22,23). The second kappa shape index (κ2) is 12.7. The number of nitrogens with one attached hydrogen (secondary N) is 1. The summed E-state index contributed by atoms with van der Waals surface area (Å²) < 4.78 is 15.6. The summed E-state index contributed by atoms with van der Waals surface area (Å²) in [5.74, 6) is 1.25. The van der Waals surface area contributed by atoms with E-state index in [0.29, 0.717) is 18.9 Å². The molecule has 0 aliphatic heterocycles. The van der Waals surface area contributed by atoms with Gasteiger partial charge < -0.3 is 19.5 Å². The zero-order chi connectivity index (χ0) is 20.0. The maximum absolute atomic E-state index is 11.7. The molecule has 1 amide bonds. The van der Waals surface area contributed by atoms with Crippen molar-refractivity contribution in [1.29, 1.82) is 0 Å². The van der Waals surface area contributed by atoms with E-state index in [1.165, 1.54) is 4.90 Å². The van der Waals surface area contributed by atoms with Crippen molar-refractivity contribution in [2.75, 3.05) is 32.1 Å². The largest absolute Gasteiger partial charge is 0.494 e. The summed E-state index contributed by atoms with van der Waals surface area (Å²) in [6, 6.07) is 17.0. The van der Waals surface area contributed by atoms with Crippen LogP contribution in [0.5, 0.6) is 11.5 Å². The molecule has 0 aromatic heterocycles. The van der Waals surface area contributed by atoms with Gasteiger partial charge in [-0.25, -0.2) is 4.79 Å². The van der Waals surface area contributed by atoms with Crippen LogP contribution in [0.3, 0.4) is 0 Å². The average Bonchev–Trinajstić information content (AvgIpc) is 2.72. The van der Waals surface area contributed by atoms with Gasteiger partial charge >= 0.3 is 5.97 Å². The maximum Gasteiger partial charge on any atom is 0.344 e. The molecule has 0 fully saturated rings. The second-order valence-electron chi connectivity index (χ2n) is 5.72. The summed E-state index contributed by atoms with van der Waals surface area (Å²) in [4.78, 5) is 24.6. The molecule has 0 radical (unpaired) electrons. The lowest BCUT2D eigenvalue weighted by molar-refractivity contribution is -0.150. The summed E-state index contributed by atoms with van der Waals surface area (Å²) >= 11 is 1.74. The Bertz CT molecular complexity index is 721. The lowest BCUT2D eigenvalue weighted by Gasteiger charge is -2.08. The predicted octanol–water partition coefficient (Wildman–Crippen LogP) is 3.31. The topological polar surface area (TPSA) is 73.9 Å². The van der Waals surface area contributed by atoms with Crippen molar-refractivity contribution in [3.63, 3.8) is 0 Å². The molecular weight excluding hydrogens is 378 g/mol. The second-order valence-corrected chi connectivity index (χ2v) is 6.89. The lowest BCUT2D eigenvalue weighted by atomic mass is 10.3. The van der Waals surface area contributed by atoms with Gasteiger partial charge in [-0.3, -0.25) is 4.79 Å². The number of esters is 1. The molecule has 6 nitrogen and oxygen atoms in total. The van der Waals surface area contributed by atoms with Crippen molar-refractivity contribution >= 4 is 23.6 Å². The summed E-state index contributed by atoms with van der Waals surface area (Å²) in [5.41, 5.74) is 0. The monoisotopic (exact) mass is 403 g/mol. The summed E-state index contributed by atoms with van der Waals surface area (Å²) in [5, 5.41) is 2.73. The van der Waals surface area contributed by atoms with Crippen LogP contribution < -0.4 is 14.8 Å². The first-order chi connectivity index (χ1) is 13.7. The van der Waals surface area contributed by atoms with E-state index in [1.54, 1.807) is 36.0 Å². The van der Waals surface area contributed by atoms with Crippen LogP contribution in [0.15, 0.2) is 59.5 Å². The van der Waals surface area contributed by atoms with Crippen LogP contribution >= 0.6 is 11.8 Å². The quantitative estimate of drug-likeness (QED) is 0.333. The minimum Gasteiger partial charge on any atom is -0.494 e. The smallest absolute Gasteiger partial charge is 0.344 e. The Morgan fingerprint density at radius 3 is 2.29 bits per heavy atom. The number of amides is 1. The van der Waals surface area contributed by atoms with Crippen molar-refractivity contribution in [1.82, 2.24) is 5.32 Å². The molecule has 0 saturated heterocycles. The van der Waals surface area contributed by atoms with Crippen LogP contribution in [0.1, 0.15) is 13.3 Å². The fourth-order valence-electron chi connectivity index (χ4n) is 2.19. The molecule has 0 spiro atoms. The number of hydrogen-bond donors (Lipinski definition) is 1. The molecule has 7 heteroatoms. The molecular formula is C21H25NO5S. The van der Waals surface area contributed by atoms with E-state index in [9.17, 15) is 9.59 Å². The van der Waals surface area contributed by atoms with Gasteiger partial charge in [0, 0.05) is 11.4 Å².